The first-order valence-electron chi connectivity index (χ1n) is 8.63. The number of rotatable bonds is 8. The number of benzene rings is 1. The molecule has 1 aromatic carbocycles. The molecule has 0 amide bonds. The summed E-state index contributed by atoms with van der Waals surface area (Å²) < 4.78 is 22.2. The van der Waals surface area contributed by atoms with Crippen LogP contribution >= 0.6 is 0 Å². The van der Waals surface area contributed by atoms with Crippen LogP contribution in [0, 0.1) is 11.8 Å². The Kier molecular flexibility index (Phi) is 7.62. The summed E-state index contributed by atoms with van der Waals surface area (Å²) in [5.74, 6) is -0.134. The predicted octanol–water partition coefficient (Wildman–Crippen LogP) is 2.99. The third kappa shape index (κ3) is 5.39. The number of hydrogen-bond acceptors (Lipinski definition) is 5. The SMILES string of the molecule is COC(=O)[C@H]1C=C[C@@H](C)[C@H]([C@H](C)[C@@H](COCc2ccccc2)OC)O1. The second kappa shape index (κ2) is 9.70. The highest BCUT2D eigenvalue weighted by Gasteiger charge is 2.36. The Hall–Kier alpha value is -1.69. The molecule has 5 atom stereocenters. The molecule has 0 fully saturated rings. The Morgan fingerprint density at radius 1 is 1.20 bits per heavy atom. The van der Waals surface area contributed by atoms with Crippen molar-refractivity contribution < 1.29 is 23.7 Å². The van der Waals surface area contributed by atoms with Gasteiger partial charge in [-0.15, -0.1) is 0 Å². The lowest BCUT2D eigenvalue weighted by molar-refractivity contribution is -0.162. The van der Waals surface area contributed by atoms with Gasteiger partial charge in [0, 0.05) is 18.9 Å². The molecule has 0 unspecified atom stereocenters. The van der Waals surface area contributed by atoms with Crippen molar-refractivity contribution in [2.75, 3.05) is 20.8 Å². The second-order valence-corrected chi connectivity index (χ2v) is 6.42. The molecule has 1 aliphatic rings. The summed E-state index contributed by atoms with van der Waals surface area (Å²) in [6.07, 6.45) is 2.84. The Morgan fingerprint density at radius 3 is 2.56 bits per heavy atom. The quantitative estimate of drug-likeness (QED) is 0.534. The van der Waals surface area contributed by atoms with Crippen molar-refractivity contribution in [1.29, 1.82) is 0 Å². The normalized spacial score (nSPS) is 25.4. The number of methoxy groups -OCH3 is 2. The van der Waals surface area contributed by atoms with Gasteiger partial charge in [0.25, 0.3) is 0 Å². The lowest BCUT2D eigenvalue weighted by atomic mass is 9.87. The third-order valence-corrected chi connectivity index (χ3v) is 4.65. The summed E-state index contributed by atoms with van der Waals surface area (Å²) in [4.78, 5) is 11.8. The average molecular weight is 348 g/mol. The fourth-order valence-corrected chi connectivity index (χ4v) is 3.09. The van der Waals surface area contributed by atoms with Gasteiger partial charge in [0.1, 0.15) is 0 Å². The molecule has 0 saturated heterocycles. The van der Waals surface area contributed by atoms with Gasteiger partial charge >= 0.3 is 5.97 Å². The van der Waals surface area contributed by atoms with Crippen LogP contribution in [0.3, 0.4) is 0 Å². The first-order valence-corrected chi connectivity index (χ1v) is 8.63. The van der Waals surface area contributed by atoms with Gasteiger partial charge in [-0.05, 0) is 11.6 Å². The van der Waals surface area contributed by atoms with Crippen LogP contribution in [0.15, 0.2) is 42.5 Å². The van der Waals surface area contributed by atoms with Gasteiger partial charge in [0.05, 0.1) is 32.5 Å². The van der Waals surface area contributed by atoms with Crippen molar-refractivity contribution in [2.24, 2.45) is 11.8 Å². The first-order chi connectivity index (χ1) is 12.1. The minimum atomic E-state index is -0.656. The van der Waals surface area contributed by atoms with E-state index in [2.05, 4.69) is 13.8 Å². The van der Waals surface area contributed by atoms with Gasteiger partial charge in [-0.1, -0.05) is 50.3 Å². The molecule has 5 heteroatoms. The molecule has 0 aromatic heterocycles. The molecule has 5 nitrogen and oxygen atoms in total. The van der Waals surface area contributed by atoms with Crippen molar-refractivity contribution in [1.82, 2.24) is 0 Å². The highest BCUT2D eigenvalue weighted by molar-refractivity contribution is 5.76. The van der Waals surface area contributed by atoms with E-state index >= 15 is 0 Å². The van der Waals surface area contributed by atoms with Crippen molar-refractivity contribution >= 4 is 5.97 Å². The summed E-state index contributed by atoms with van der Waals surface area (Å²) >= 11 is 0. The maximum atomic E-state index is 11.8. The fourth-order valence-electron chi connectivity index (χ4n) is 3.09. The number of carbonyl (C=O) groups is 1. The zero-order valence-corrected chi connectivity index (χ0v) is 15.4. The monoisotopic (exact) mass is 348 g/mol. The number of hydrogen-bond donors (Lipinski definition) is 0. The van der Waals surface area contributed by atoms with Crippen molar-refractivity contribution in [3.63, 3.8) is 0 Å². The van der Waals surface area contributed by atoms with Crippen LogP contribution in [0.4, 0.5) is 0 Å². The molecular weight excluding hydrogens is 320 g/mol. The molecule has 25 heavy (non-hydrogen) atoms. The zero-order valence-electron chi connectivity index (χ0n) is 15.4. The van der Waals surface area contributed by atoms with E-state index in [1.54, 1.807) is 13.2 Å². The van der Waals surface area contributed by atoms with Crippen LogP contribution in [-0.4, -0.2) is 45.1 Å². The van der Waals surface area contributed by atoms with Gasteiger partial charge in [0.2, 0.25) is 0 Å². The minimum absolute atomic E-state index is 0.0629. The van der Waals surface area contributed by atoms with Gasteiger partial charge in [0.15, 0.2) is 6.10 Å². The molecule has 1 aliphatic heterocycles. The van der Waals surface area contributed by atoms with E-state index in [-0.39, 0.29) is 30.0 Å². The fraction of sp³-hybridized carbons (Fsp3) is 0.550. The van der Waals surface area contributed by atoms with E-state index in [4.69, 9.17) is 18.9 Å². The smallest absolute Gasteiger partial charge is 0.339 e. The van der Waals surface area contributed by atoms with E-state index in [1.165, 1.54) is 7.11 Å². The van der Waals surface area contributed by atoms with Crippen LogP contribution in [0.1, 0.15) is 19.4 Å². The molecular formula is C20H28O5. The van der Waals surface area contributed by atoms with Crippen molar-refractivity contribution in [3.05, 3.63) is 48.0 Å². The molecule has 0 radical (unpaired) electrons. The van der Waals surface area contributed by atoms with Gasteiger partial charge in [-0.2, -0.15) is 0 Å². The number of carbonyl (C=O) groups excluding carboxylic acids is 1. The second-order valence-electron chi connectivity index (χ2n) is 6.42. The Balaban J connectivity index is 1.92. The number of esters is 1. The van der Waals surface area contributed by atoms with Crippen LogP contribution in [-0.2, 0) is 30.3 Å². The molecule has 0 N–H and O–H groups in total. The van der Waals surface area contributed by atoms with Crippen molar-refractivity contribution in [2.45, 2.75) is 38.8 Å². The minimum Gasteiger partial charge on any atom is -0.467 e. The number of ether oxygens (including phenoxy) is 4. The molecule has 1 aromatic rings. The molecule has 2 rings (SSSR count). The standard InChI is InChI=1S/C20H28O5/c1-14-10-11-17(20(21)23-4)25-19(14)15(2)18(22-3)13-24-12-16-8-6-5-7-9-16/h5-11,14-15,17-19H,12-13H2,1-4H3/t14-,15-,17-,18-,19-/m1/s1. The maximum Gasteiger partial charge on any atom is 0.339 e. The maximum absolute atomic E-state index is 11.8. The van der Waals surface area contributed by atoms with Gasteiger partial charge in [-0.25, -0.2) is 4.79 Å². The lowest BCUT2D eigenvalue weighted by Gasteiger charge is -2.36. The Morgan fingerprint density at radius 2 is 1.92 bits per heavy atom. The van der Waals surface area contributed by atoms with Gasteiger partial charge in [-0.3, -0.25) is 0 Å². The topological polar surface area (TPSA) is 54.0 Å². The summed E-state index contributed by atoms with van der Waals surface area (Å²) in [7, 11) is 3.04. The molecule has 0 saturated carbocycles. The summed E-state index contributed by atoms with van der Waals surface area (Å²) in [5.41, 5.74) is 1.13. The van der Waals surface area contributed by atoms with Crippen molar-refractivity contribution in [3.8, 4) is 0 Å². The van der Waals surface area contributed by atoms with Crippen LogP contribution < -0.4 is 0 Å². The van der Waals surface area contributed by atoms with Crippen LogP contribution in [0.2, 0.25) is 0 Å². The Bertz CT molecular complexity index is 556. The molecule has 138 valence electrons. The molecule has 1 heterocycles. The van der Waals surface area contributed by atoms with Gasteiger partial charge < -0.3 is 18.9 Å². The average Bonchev–Trinajstić information content (AvgIpc) is 2.65. The van der Waals surface area contributed by atoms with E-state index in [9.17, 15) is 4.79 Å². The van der Waals surface area contributed by atoms with E-state index in [0.717, 1.165) is 5.56 Å². The van der Waals surface area contributed by atoms with Crippen LogP contribution in [0.5, 0.6) is 0 Å². The highest BCUT2D eigenvalue weighted by atomic mass is 16.6. The highest BCUT2D eigenvalue weighted by Crippen LogP contribution is 2.28. The van der Waals surface area contributed by atoms with E-state index in [1.807, 2.05) is 36.4 Å². The first kappa shape index (κ1) is 19.6. The van der Waals surface area contributed by atoms with E-state index in [0.29, 0.717) is 13.2 Å². The zero-order chi connectivity index (χ0) is 18.2. The largest absolute Gasteiger partial charge is 0.467 e. The summed E-state index contributed by atoms with van der Waals surface area (Å²) in [6, 6.07) is 10.0. The van der Waals surface area contributed by atoms with E-state index < -0.39 is 6.10 Å². The molecule has 0 bridgehead atoms. The summed E-state index contributed by atoms with van der Waals surface area (Å²) in [6.45, 7) is 5.14. The molecule has 0 spiro atoms. The lowest BCUT2D eigenvalue weighted by Crippen LogP contribution is -2.44. The Labute approximate surface area is 149 Å². The molecule has 0 aliphatic carbocycles. The predicted molar refractivity (Wildman–Crippen MR) is 95.0 cm³/mol. The summed E-state index contributed by atoms with van der Waals surface area (Å²) in [5, 5.41) is 0. The van der Waals surface area contributed by atoms with Crippen LogP contribution in [0.25, 0.3) is 0 Å². The third-order valence-electron chi connectivity index (χ3n) is 4.65.